The first-order valence-corrected chi connectivity index (χ1v) is 8.23. The molecule has 0 unspecified atom stereocenters. The molecule has 0 heterocycles. The molecule has 1 amide bonds. The summed E-state index contributed by atoms with van der Waals surface area (Å²) >= 11 is 6.13. The zero-order valence-electron chi connectivity index (χ0n) is 14.8. The van der Waals surface area contributed by atoms with Crippen molar-refractivity contribution >= 4 is 17.5 Å². The van der Waals surface area contributed by atoms with Gasteiger partial charge in [-0.1, -0.05) is 11.6 Å². The van der Waals surface area contributed by atoms with Crippen LogP contribution in [0.25, 0.3) is 0 Å². The van der Waals surface area contributed by atoms with E-state index in [4.69, 9.17) is 25.8 Å². The number of methoxy groups -OCH3 is 2. The van der Waals surface area contributed by atoms with Crippen LogP contribution in [-0.4, -0.2) is 33.3 Å². The number of benzene rings is 2. The molecule has 0 bridgehead atoms. The van der Waals surface area contributed by atoms with E-state index >= 15 is 0 Å². The van der Waals surface area contributed by atoms with Crippen molar-refractivity contribution in [2.75, 3.05) is 27.4 Å². The van der Waals surface area contributed by atoms with Crippen LogP contribution >= 0.6 is 11.6 Å². The summed E-state index contributed by atoms with van der Waals surface area (Å²) in [7, 11) is 3.08. The van der Waals surface area contributed by atoms with Crippen LogP contribution in [0.4, 0.5) is 0 Å². The van der Waals surface area contributed by atoms with Gasteiger partial charge in [-0.25, -0.2) is 0 Å². The fourth-order valence-electron chi connectivity index (χ4n) is 2.40. The van der Waals surface area contributed by atoms with Crippen LogP contribution in [0.15, 0.2) is 30.3 Å². The first kappa shape index (κ1) is 18.9. The van der Waals surface area contributed by atoms with Crippen LogP contribution in [0.5, 0.6) is 17.2 Å². The molecule has 2 aromatic carbocycles. The highest BCUT2D eigenvalue weighted by Crippen LogP contribution is 2.27. The van der Waals surface area contributed by atoms with Crippen molar-refractivity contribution in [1.29, 1.82) is 0 Å². The summed E-state index contributed by atoms with van der Waals surface area (Å²) in [6.07, 6.45) is 0. The maximum absolute atomic E-state index is 12.2. The number of ether oxygens (including phenoxy) is 3. The van der Waals surface area contributed by atoms with Gasteiger partial charge >= 0.3 is 0 Å². The summed E-state index contributed by atoms with van der Waals surface area (Å²) in [6, 6.07) is 8.78. The highest BCUT2D eigenvalue weighted by atomic mass is 35.5. The Morgan fingerprint density at radius 3 is 2.28 bits per heavy atom. The first-order chi connectivity index (χ1) is 12.0. The van der Waals surface area contributed by atoms with Crippen LogP contribution < -0.4 is 19.5 Å². The third kappa shape index (κ3) is 4.79. The second-order valence-electron chi connectivity index (χ2n) is 5.55. The van der Waals surface area contributed by atoms with E-state index < -0.39 is 0 Å². The highest BCUT2D eigenvalue weighted by molar-refractivity contribution is 6.32. The molecule has 0 aliphatic rings. The van der Waals surface area contributed by atoms with Crippen LogP contribution in [0.2, 0.25) is 5.02 Å². The molecule has 5 nitrogen and oxygen atoms in total. The normalized spacial score (nSPS) is 10.3. The van der Waals surface area contributed by atoms with E-state index in [1.54, 1.807) is 25.3 Å². The summed E-state index contributed by atoms with van der Waals surface area (Å²) in [6.45, 7) is 4.61. The third-order valence-corrected chi connectivity index (χ3v) is 4.31. The monoisotopic (exact) mass is 363 g/mol. The summed E-state index contributed by atoms with van der Waals surface area (Å²) in [5, 5.41) is 3.56. The Bertz CT molecular complexity index is 738. The van der Waals surface area contributed by atoms with Crippen molar-refractivity contribution in [2.24, 2.45) is 0 Å². The largest absolute Gasteiger partial charge is 0.493 e. The molecule has 0 fully saturated rings. The molecule has 6 heteroatoms. The smallest absolute Gasteiger partial charge is 0.251 e. The van der Waals surface area contributed by atoms with Crippen molar-refractivity contribution in [2.45, 2.75) is 13.8 Å². The Hall–Kier alpha value is -2.40. The van der Waals surface area contributed by atoms with Gasteiger partial charge in [0, 0.05) is 10.6 Å². The molecule has 25 heavy (non-hydrogen) atoms. The lowest BCUT2D eigenvalue weighted by Crippen LogP contribution is -2.28. The molecular weight excluding hydrogens is 342 g/mol. The maximum atomic E-state index is 12.2. The molecule has 2 rings (SSSR count). The topological polar surface area (TPSA) is 56.8 Å². The van der Waals surface area contributed by atoms with Gasteiger partial charge in [0.1, 0.15) is 12.4 Å². The predicted molar refractivity (Wildman–Crippen MR) is 98.3 cm³/mol. The molecule has 0 saturated carbocycles. The lowest BCUT2D eigenvalue weighted by atomic mass is 10.1. The molecule has 0 radical (unpaired) electrons. The van der Waals surface area contributed by atoms with E-state index in [0.717, 1.165) is 21.9 Å². The number of halogens is 1. The lowest BCUT2D eigenvalue weighted by Gasteiger charge is -2.12. The number of nitrogens with one attached hydrogen (secondary N) is 1. The van der Waals surface area contributed by atoms with Gasteiger partial charge in [-0.3, -0.25) is 4.79 Å². The number of aryl methyl sites for hydroxylation is 2. The fraction of sp³-hybridized carbons (Fsp3) is 0.316. The summed E-state index contributed by atoms with van der Waals surface area (Å²) in [4.78, 5) is 12.2. The minimum atomic E-state index is -0.201. The first-order valence-electron chi connectivity index (χ1n) is 7.86. The van der Waals surface area contributed by atoms with Gasteiger partial charge in [-0.2, -0.15) is 0 Å². The van der Waals surface area contributed by atoms with E-state index in [9.17, 15) is 4.79 Å². The van der Waals surface area contributed by atoms with Crippen molar-refractivity contribution < 1.29 is 19.0 Å². The second-order valence-corrected chi connectivity index (χ2v) is 5.92. The Morgan fingerprint density at radius 2 is 1.68 bits per heavy atom. The van der Waals surface area contributed by atoms with E-state index in [2.05, 4.69) is 5.32 Å². The van der Waals surface area contributed by atoms with Crippen LogP contribution in [0.1, 0.15) is 21.5 Å². The van der Waals surface area contributed by atoms with Gasteiger partial charge in [0.05, 0.1) is 20.8 Å². The molecule has 0 saturated heterocycles. The van der Waals surface area contributed by atoms with Gasteiger partial charge in [0.25, 0.3) is 5.91 Å². The Labute approximate surface area is 152 Å². The predicted octanol–water partition coefficient (Wildman–Crippen LogP) is 3.78. The van der Waals surface area contributed by atoms with E-state index in [-0.39, 0.29) is 5.91 Å². The number of rotatable bonds is 7. The molecule has 1 N–H and O–H groups in total. The van der Waals surface area contributed by atoms with Gasteiger partial charge in [0.2, 0.25) is 0 Å². The Kier molecular flexibility index (Phi) is 6.53. The van der Waals surface area contributed by atoms with E-state index in [0.29, 0.717) is 30.2 Å². The number of hydrogen-bond acceptors (Lipinski definition) is 4. The Morgan fingerprint density at radius 1 is 1.04 bits per heavy atom. The van der Waals surface area contributed by atoms with Crippen molar-refractivity contribution in [3.63, 3.8) is 0 Å². The summed E-state index contributed by atoms with van der Waals surface area (Å²) < 4.78 is 16.0. The number of carbonyl (C=O) groups excluding carboxylic acids is 1. The number of carbonyl (C=O) groups is 1. The van der Waals surface area contributed by atoms with E-state index in [1.165, 1.54) is 7.11 Å². The van der Waals surface area contributed by atoms with E-state index in [1.807, 2.05) is 26.0 Å². The van der Waals surface area contributed by atoms with Crippen LogP contribution in [0.3, 0.4) is 0 Å². The zero-order chi connectivity index (χ0) is 18.4. The lowest BCUT2D eigenvalue weighted by molar-refractivity contribution is 0.0946. The second kappa shape index (κ2) is 8.62. The molecular formula is C19H22ClNO4. The Balaban J connectivity index is 1.88. The number of hydrogen-bond donors (Lipinski definition) is 1. The molecule has 0 aliphatic heterocycles. The minimum Gasteiger partial charge on any atom is -0.493 e. The third-order valence-electron chi connectivity index (χ3n) is 3.71. The maximum Gasteiger partial charge on any atom is 0.251 e. The molecule has 0 aliphatic carbocycles. The van der Waals surface area contributed by atoms with Crippen LogP contribution in [0, 0.1) is 13.8 Å². The zero-order valence-corrected chi connectivity index (χ0v) is 15.6. The van der Waals surface area contributed by atoms with Gasteiger partial charge < -0.3 is 19.5 Å². The molecule has 2 aromatic rings. The number of amides is 1. The van der Waals surface area contributed by atoms with Gasteiger partial charge in [-0.05, 0) is 55.3 Å². The van der Waals surface area contributed by atoms with Crippen molar-refractivity contribution in [3.05, 3.63) is 52.0 Å². The quantitative estimate of drug-likeness (QED) is 0.760. The standard InChI is InChI=1S/C19H22ClNO4/c1-12-9-15(10-13(2)18(12)20)25-8-7-21-19(22)14-5-6-16(23-3)17(11-14)24-4/h5-6,9-11H,7-8H2,1-4H3,(H,21,22). The summed E-state index contributed by atoms with van der Waals surface area (Å²) in [5.74, 6) is 1.63. The SMILES string of the molecule is COc1ccc(C(=O)NCCOc2cc(C)c(Cl)c(C)c2)cc1OC. The van der Waals surface area contributed by atoms with Gasteiger partial charge in [0.15, 0.2) is 11.5 Å². The molecule has 0 atom stereocenters. The van der Waals surface area contributed by atoms with Crippen molar-refractivity contribution in [1.82, 2.24) is 5.32 Å². The minimum absolute atomic E-state index is 0.201. The summed E-state index contributed by atoms with van der Waals surface area (Å²) in [5.41, 5.74) is 2.42. The van der Waals surface area contributed by atoms with Crippen LogP contribution in [-0.2, 0) is 0 Å². The van der Waals surface area contributed by atoms with Crippen molar-refractivity contribution in [3.8, 4) is 17.2 Å². The average molecular weight is 364 g/mol. The molecule has 134 valence electrons. The highest BCUT2D eigenvalue weighted by Gasteiger charge is 2.10. The fourth-order valence-corrected chi connectivity index (χ4v) is 2.51. The molecule has 0 aromatic heterocycles. The molecule has 0 spiro atoms. The average Bonchev–Trinajstić information content (AvgIpc) is 2.62. The van der Waals surface area contributed by atoms with Gasteiger partial charge in [-0.15, -0.1) is 0 Å².